The average molecular weight is 613 g/mol. The molecule has 43 heavy (non-hydrogen) atoms. The lowest BCUT2D eigenvalue weighted by molar-refractivity contribution is -0.118. The maximum absolute atomic E-state index is 13.7. The average Bonchev–Trinajstić information content (AvgIpc) is 3.35. The number of methoxy groups -OCH3 is 1. The zero-order valence-corrected chi connectivity index (χ0v) is 28.2. The third-order valence-corrected chi connectivity index (χ3v) is 8.20. The van der Waals surface area contributed by atoms with Gasteiger partial charge < -0.3 is 25.2 Å². The Morgan fingerprint density at radius 1 is 1.07 bits per heavy atom. The molecule has 1 heterocycles. The molecule has 0 saturated heterocycles. The molecule has 0 bridgehead atoms. The van der Waals surface area contributed by atoms with Gasteiger partial charge in [0.25, 0.3) is 5.91 Å². The van der Waals surface area contributed by atoms with Crippen LogP contribution in [-0.4, -0.2) is 72.2 Å². The van der Waals surface area contributed by atoms with E-state index in [2.05, 4.69) is 29.4 Å². The van der Waals surface area contributed by atoms with Gasteiger partial charge in [0.15, 0.2) is 15.6 Å². The molecule has 0 atom stereocenters. The second-order valence-corrected chi connectivity index (χ2v) is 15.8. The summed E-state index contributed by atoms with van der Waals surface area (Å²) in [6, 6.07) is 9.34. The van der Waals surface area contributed by atoms with Crippen molar-refractivity contribution in [3.05, 3.63) is 70.0 Å². The third kappa shape index (κ3) is 9.31. The van der Waals surface area contributed by atoms with Crippen LogP contribution < -0.4 is 20.3 Å². The van der Waals surface area contributed by atoms with E-state index < -0.39 is 9.84 Å². The lowest BCUT2D eigenvalue weighted by Crippen LogP contribution is -2.41. The Labute approximate surface area is 257 Å². The van der Waals surface area contributed by atoms with Gasteiger partial charge in [-0.15, -0.1) is 0 Å². The largest absolute Gasteiger partial charge is 0.496 e. The lowest BCUT2D eigenvalue weighted by atomic mass is 9.84. The molecular formula is C33H48N4O5S. The number of benzene rings is 2. The molecular weight excluding hydrogens is 564 g/mol. The Balaban J connectivity index is 1.86. The Hall–Kier alpha value is -3.37. The van der Waals surface area contributed by atoms with E-state index in [1.165, 1.54) is 13.4 Å². The van der Waals surface area contributed by atoms with E-state index in [0.717, 1.165) is 23.4 Å². The molecule has 0 fully saturated rings. The smallest absolute Gasteiger partial charge is 0.268 e. The summed E-state index contributed by atoms with van der Waals surface area (Å²) in [6.45, 7) is 14.1. The van der Waals surface area contributed by atoms with Crippen molar-refractivity contribution in [2.24, 2.45) is 5.41 Å². The minimum Gasteiger partial charge on any atom is -0.496 e. The summed E-state index contributed by atoms with van der Waals surface area (Å²) < 4.78 is 30.1. The maximum Gasteiger partial charge on any atom is 0.268 e. The van der Waals surface area contributed by atoms with Crippen LogP contribution in [-0.2, 0) is 32.2 Å². The van der Waals surface area contributed by atoms with Crippen molar-refractivity contribution in [1.29, 1.82) is 0 Å². The van der Waals surface area contributed by atoms with Crippen LogP contribution in [0.25, 0.3) is 0 Å². The molecule has 0 radical (unpaired) electrons. The number of hydrogen-bond donors (Lipinski definition) is 2. The third-order valence-electron chi connectivity index (χ3n) is 7.36. The fourth-order valence-corrected chi connectivity index (χ4v) is 6.16. The zero-order valence-electron chi connectivity index (χ0n) is 27.3. The first kappa shape index (κ1) is 34.1. The molecule has 236 valence electrons. The van der Waals surface area contributed by atoms with Crippen LogP contribution in [0.1, 0.15) is 67.2 Å². The fourth-order valence-electron chi connectivity index (χ4n) is 5.38. The molecule has 1 amide bonds. The number of amides is 1. The number of hydrogen-bond acceptors (Lipinski definition) is 8. The van der Waals surface area contributed by atoms with Crippen molar-refractivity contribution in [2.75, 3.05) is 52.1 Å². The van der Waals surface area contributed by atoms with E-state index in [0.29, 0.717) is 41.4 Å². The predicted octanol–water partition coefficient (Wildman–Crippen LogP) is 4.18. The number of ketones is 1. The van der Waals surface area contributed by atoms with E-state index in [4.69, 9.17) is 4.74 Å². The standard InChI is InChI=1S/C33H48N4O5S/c1-22-11-12-23(15-28(22)37-17-27(35-21-37)31(39)34-19-33(5,6)20-36(7)8)29(38)16-24-13-26(32(2,3)4)14-25(30(24)42-9)18-43(10,40)41/h11-15,17,35H,16,18-21H2,1-10H3,(H,34,39). The first-order valence-corrected chi connectivity index (χ1v) is 16.5. The molecule has 10 heteroatoms. The van der Waals surface area contributed by atoms with Gasteiger partial charge in [-0.25, -0.2) is 8.42 Å². The fraction of sp³-hybridized carbons (Fsp3) is 0.515. The second kappa shape index (κ2) is 13.1. The minimum atomic E-state index is -3.33. The number of carbonyl (C=O) groups is 2. The van der Waals surface area contributed by atoms with E-state index in [1.807, 2.05) is 71.0 Å². The van der Waals surface area contributed by atoms with E-state index in [-0.39, 0.29) is 34.7 Å². The predicted molar refractivity (Wildman–Crippen MR) is 173 cm³/mol. The van der Waals surface area contributed by atoms with Crippen LogP contribution in [0.15, 0.2) is 42.2 Å². The summed E-state index contributed by atoms with van der Waals surface area (Å²) in [5, 5.41) is 6.20. The van der Waals surface area contributed by atoms with Crippen molar-refractivity contribution in [2.45, 2.75) is 59.1 Å². The van der Waals surface area contributed by atoms with E-state index >= 15 is 0 Å². The van der Waals surface area contributed by atoms with Gasteiger partial charge in [0.2, 0.25) is 0 Å². The number of rotatable bonds is 12. The van der Waals surface area contributed by atoms with Gasteiger partial charge >= 0.3 is 0 Å². The highest BCUT2D eigenvalue weighted by Gasteiger charge is 2.26. The number of ether oxygens (including phenoxy) is 1. The monoisotopic (exact) mass is 612 g/mol. The number of anilines is 1. The first-order chi connectivity index (χ1) is 19.8. The van der Waals surface area contributed by atoms with Gasteiger partial charge in [0.1, 0.15) is 11.4 Å². The lowest BCUT2D eigenvalue weighted by Gasteiger charge is -2.28. The second-order valence-electron chi connectivity index (χ2n) is 13.7. The highest BCUT2D eigenvalue weighted by molar-refractivity contribution is 7.89. The highest BCUT2D eigenvalue weighted by Crippen LogP contribution is 2.34. The molecule has 2 N–H and O–H groups in total. The SMILES string of the molecule is COc1c(CC(=O)c2ccc(C)c(N3C=C(C(=O)NCC(C)(C)CN(C)C)NC3)c2)cc(C(C)(C)C)cc1CS(C)(=O)=O. The van der Waals surface area contributed by atoms with Crippen LogP contribution >= 0.6 is 0 Å². The van der Waals surface area contributed by atoms with Gasteiger partial charge in [-0.1, -0.05) is 58.9 Å². The van der Waals surface area contributed by atoms with Gasteiger partial charge in [0.05, 0.1) is 19.5 Å². The van der Waals surface area contributed by atoms with Crippen molar-refractivity contribution < 1.29 is 22.7 Å². The molecule has 1 aliphatic heterocycles. The number of aryl methyl sites for hydroxylation is 1. The summed E-state index contributed by atoms with van der Waals surface area (Å²) in [5.41, 5.74) is 4.58. The summed E-state index contributed by atoms with van der Waals surface area (Å²) in [4.78, 5) is 30.6. The van der Waals surface area contributed by atoms with Gasteiger partial charge in [-0.3, -0.25) is 9.59 Å². The molecule has 9 nitrogen and oxygen atoms in total. The molecule has 3 rings (SSSR count). The summed E-state index contributed by atoms with van der Waals surface area (Å²) in [7, 11) is 2.20. The topological polar surface area (TPSA) is 108 Å². The number of carbonyl (C=O) groups excluding carboxylic acids is 2. The molecule has 2 aromatic carbocycles. The van der Waals surface area contributed by atoms with Crippen LogP contribution in [0.4, 0.5) is 5.69 Å². The maximum atomic E-state index is 13.7. The molecule has 0 aromatic heterocycles. The number of nitrogens with zero attached hydrogens (tertiary/aromatic N) is 2. The molecule has 0 aliphatic carbocycles. The Bertz CT molecular complexity index is 1500. The quantitative estimate of drug-likeness (QED) is 0.344. The van der Waals surface area contributed by atoms with Gasteiger partial charge in [-0.2, -0.15) is 0 Å². The molecule has 0 spiro atoms. The number of nitrogens with one attached hydrogen (secondary N) is 2. The van der Waals surface area contributed by atoms with E-state index in [1.54, 1.807) is 12.3 Å². The summed E-state index contributed by atoms with van der Waals surface area (Å²) in [6.07, 6.45) is 3.02. The zero-order chi connectivity index (χ0) is 32.3. The van der Waals surface area contributed by atoms with Crippen LogP contribution in [0.3, 0.4) is 0 Å². The minimum absolute atomic E-state index is 0.0524. The van der Waals surface area contributed by atoms with Crippen molar-refractivity contribution >= 4 is 27.2 Å². The van der Waals surface area contributed by atoms with Gasteiger partial charge in [0, 0.05) is 54.3 Å². The molecule has 0 saturated carbocycles. The van der Waals surface area contributed by atoms with Crippen molar-refractivity contribution in [3.63, 3.8) is 0 Å². The molecule has 2 aromatic rings. The van der Waals surface area contributed by atoms with Crippen molar-refractivity contribution in [1.82, 2.24) is 15.5 Å². The number of Topliss-reactive ketones (excluding diaryl/α,β-unsaturated/α-hetero) is 1. The normalized spacial score (nSPS) is 14.0. The number of sulfone groups is 1. The Morgan fingerprint density at radius 3 is 2.30 bits per heavy atom. The van der Waals surface area contributed by atoms with Gasteiger partial charge in [-0.05, 0) is 49.0 Å². The highest BCUT2D eigenvalue weighted by atomic mass is 32.2. The van der Waals surface area contributed by atoms with E-state index in [9.17, 15) is 18.0 Å². The Kier molecular flexibility index (Phi) is 10.4. The van der Waals surface area contributed by atoms with Crippen LogP contribution in [0, 0.1) is 12.3 Å². The summed E-state index contributed by atoms with van der Waals surface area (Å²) in [5.74, 6) is -0.0360. The molecule has 0 unspecified atom stereocenters. The molecule has 1 aliphatic rings. The summed E-state index contributed by atoms with van der Waals surface area (Å²) >= 11 is 0. The van der Waals surface area contributed by atoms with Crippen molar-refractivity contribution in [3.8, 4) is 5.75 Å². The van der Waals surface area contributed by atoms with Crippen LogP contribution in [0.2, 0.25) is 0 Å². The first-order valence-electron chi connectivity index (χ1n) is 14.5. The van der Waals surface area contributed by atoms with Crippen LogP contribution in [0.5, 0.6) is 5.75 Å². The Morgan fingerprint density at radius 2 is 1.72 bits per heavy atom.